The van der Waals surface area contributed by atoms with Gasteiger partial charge >= 0.3 is 0 Å². The molecule has 16 heavy (non-hydrogen) atoms. The first-order chi connectivity index (χ1) is 7.61. The summed E-state index contributed by atoms with van der Waals surface area (Å²) < 4.78 is 1.31. The molecule has 1 heterocycles. The van der Waals surface area contributed by atoms with Crippen molar-refractivity contribution in [3.63, 3.8) is 0 Å². The molecule has 0 amide bonds. The van der Waals surface area contributed by atoms with Gasteiger partial charge in [0.05, 0.1) is 5.69 Å². The molecule has 1 aromatic carbocycles. The van der Waals surface area contributed by atoms with Gasteiger partial charge in [-0.3, -0.25) is 4.79 Å². The molecule has 2 aromatic rings. The third-order valence-corrected chi connectivity index (χ3v) is 2.71. The average Bonchev–Trinajstić information content (AvgIpc) is 2.28. The number of para-hydroxylation sites is 1. The first-order valence-corrected chi connectivity index (χ1v) is 5.09. The lowest BCUT2D eigenvalue weighted by Crippen LogP contribution is -2.18. The summed E-state index contributed by atoms with van der Waals surface area (Å²) in [5.74, 6) is 0.0104. The van der Waals surface area contributed by atoms with E-state index in [0.717, 1.165) is 11.1 Å². The molecule has 0 spiro atoms. The molecule has 0 radical (unpaired) electrons. The fraction of sp³-hybridized carbons (Fsp3) is 0.154. The molecule has 0 saturated carbocycles. The van der Waals surface area contributed by atoms with Crippen molar-refractivity contribution in [2.24, 2.45) is 0 Å². The molecule has 0 unspecified atom stereocenters. The minimum Gasteiger partial charge on any atom is -0.494 e. The van der Waals surface area contributed by atoms with Crippen molar-refractivity contribution in [1.82, 2.24) is 4.57 Å². The van der Waals surface area contributed by atoms with Gasteiger partial charge in [0.15, 0.2) is 0 Å². The summed E-state index contributed by atoms with van der Waals surface area (Å²) in [6.07, 6.45) is 0. The number of hydrogen-bond donors (Lipinski definition) is 1. The van der Waals surface area contributed by atoms with Crippen molar-refractivity contribution in [2.45, 2.75) is 13.8 Å². The lowest BCUT2D eigenvalue weighted by molar-refractivity contribution is 0.430. The number of nitrogens with zero attached hydrogens (tertiary/aromatic N) is 1. The van der Waals surface area contributed by atoms with Crippen molar-refractivity contribution in [2.75, 3.05) is 0 Å². The zero-order chi connectivity index (χ0) is 11.7. The number of hydrogen-bond acceptors (Lipinski definition) is 2. The number of aromatic hydroxyl groups is 1. The Hall–Kier alpha value is -2.03. The molecule has 0 bridgehead atoms. The number of pyridine rings is 1. The van der Waals surface area contributed by atoms with Gasteiger partial charge in [0.1, 0.15) is 0 Å². The van der Waals surface area contributed by atoms with Crippen molar-refractivity contribution in [3.05, 3.63) is 57.9 Å². The van der Waals surface area contributed by atoms with Crippen LogP contribution in [0.25, 0.3) is 5.69 Å². The molecule has 0 aliphatic carbocycles. The van der Waals surface area contributed by atoms with Crippen LogP contribution >= 0.6 is 0 Å². The summed E-state index contributed by atoms with van der Waals surface area (Å²) in [5.41, 5.74) is 1.98. The monoisotopic (exact) mass is 215 g/mol. The van der Waals surface area contributed by atoms with Gasteiger partial charge in [0.25, 0.3) is 5.56 Å². The fourth-order valence-corrected chi connectivity index (χ4v) is 1.63. The summed E-state index contributed by atoms with van der Waals surface area (Å²) in [5, 5.41) is 9.98. The van der Waals surface area contributed by atoms with E-state index in [4.69, 9.17) is 0 Å². The normalized spacial score (nSPS) is 10.4. The van der Waals surface area contributed by atoms with E-state index >= 15 is 0 Å². The molecule has 0 aliphatic rings. The molecular weight excluding hydrogens is 202 g/mol. The van der Waals surface area contributed by atoms with Crippen LogP contribution in [0.2, 0.25) is 0 Å². The van der Waals surface area contributed by atoms with Crippen molar-refractivity contribution in [1.29, 1.82) is 0 Å². The maximum absolute atomic E-state index is 11.8. The quantitative estimate of drug-likeness (QED) is 0.792. The number of aryl methyl sites for hydroxylation is 1. The average molecular weight is 215 g/mol. The zero-order valence-electron chi connectivity index (χ0n) is 9.27. The molecule has 82 valence electrons. The molecule has 1 aromatic heterocycles. The maximum Gasteiger partial charge on any atom is 0.258 e. The highest BCUT2D eigenvalue weighted by molar-refractivity contribution is 5.41. The molecule has 0 aliphatic heterocycles. The van der Waals surface area contributed by atoms with Gasteiger partial charge in [0.2, 0.25) is 5.88 Å². The van der Waals surface area contributed by atoms with Gasteiger partial charge < -0.3 is 5.11 Å². The Labute approximate surface area is 93.6 Å². The Kier molecular flexibility index (Phi) is 2.52. The van der Waals surface area contributed by atoms with E-state index in [1.54, 1.807) is 19.1 Å². The second kappa shape index (κ2) is 3.85. The second-order valence-electron chi connectivity index (χ2n) is 3.79. The summed E-state index contributed by atoms with van der Waals surface area (Å²) >= 11 is 0. The van der Waals surface area contributed by atoms with Gasteiger partial charge in [-0.25, -0.2) is 4.57 Å². The zero-order valence-corrected chi connectivity index (χ0v) is 9.27. The molecular formula is C13H13NO2. The smallest absolute Gasteiger partial charge is 0.258 e. The molecule has 0 atom stereocenters. The Balaban J connectivity index is 2.76. The highest BCUT2D eigenvalue weighted by atomic mass is 16.3. The van der Waals surface area contributed by atoms with E-state index in [0.29, 0.717) is 5.69 Å². The first-order valence-electron chi connectivity index (χ1n) is 5.09. The van der Waals surface area contributed by atoms with Crippen LogP contribution in [-0.2, 0) is 0 Å². The van der Waals surface area contributed by atoms with E-state index in [1.807, 2.05) is 25.1 Å². The van der Waals surface area contributed by atoms with E-state index in [2.05, 4.69) is 0 Å². The first kappa shape index (κ1) is 10.5. The Morgan fingerprint density at radius 3 is 2.38 bits per heavy atom. The van der Waals surface area contributed by atoms with Gasteiger partial charge in [-0.15, -0.1) is 0 Å². The molecule has 0 saturated heterocycles. The Bertz CT molecular complexity index is 570. The number of benzene rings is 1. The Morgan fingerprint density at radius 2 is 1.75 bits per heavy atom. The summed E-state index contributed by atoms with van der Waals surface area (Å²) in [6.45, 7) is 3.61. The highest BCUT2D eigenvalue weighted by Crippen LogP contribution is 2.20. The molecule has 2 rings (SSSR count). The highest BCUT2D eigenvalue weighted by Gasteiger charge is 2.09. The largest absolute Gasteiger partial charge is 0.494 e. The summed E-state index contributed by atoms with van der Waals surface area (Å²) in [4.78, 5) is 11.8. The van der Waals surface area contributed by atoms with Crippen molar-refractivity contribution in [3.8, 4) is 11.6 Å². The minimum absolute atomic E-state index is 0.0104. The fourth-order valence-electron chi connectivity index (χ4n) is 1.63. The minimum atomic E-state index is -0.216. The third-order valence-electron chi connectivity index (χ3n) is 2.71. The third kappa shape index (κ3) is 1.60. The van der Waals surface area contributed by atoms with Gasteiger partial charge in [-0.2, -0.15) is 0 Å². The van der Waals surface area contributed by atoms with E-state index in [1.165, 1.54) is 10.6 Å². The maximum atomic E-state index is 11.8. The van der Waals surface area contributed by atoms with Crippen molar-refractivity contribution >= 4 is 0 Å². The van der Waals surface area contributed by atoms with Crippen LogP contribution < -0.4 is 5.56 Å². The molecule has 0 fully saturated rings. The standard InChI is InChI=1S/C13H13NO2/c1-9-8-12(15)14(13(16)10(9)2)11-6-4-3-5-7-11/h3-8,16H,1-2H3. The van der Waals surface area contributed by atoms with Gasteiger partial charge in [-0.05, 0) is 31.5 Å². The topological polar surface area (TPSA) is 42.2 Å². The Morgan fingerprint density at radius 1 is 1.12 bits per heavy atom. The predicted octanol–water partition coefficient (Wildman–Crippen LogP) is 2.16. The number of aromatic nitrogens is 1. The second-order valence-corrected chi connectivity index (χ2v) is 3.79. The number of rotatable bonds is 1. The van der Waals surface area contributed by atoms with Crippen LogP contribution in [0.1, 0.15) is 11.1 Å². The lowest BCUT2D eigenvalue weighted by atomic mass is 10.1. The van der Waals surface area contributed by atoms with Crippen LogP contribution in [0.5, 0.6) is 5.88 Å². The van der Waals surface area contributed by atoms with Gasteiger partial charge in [0, 0.05) is 11.6 Å². The van der Waals surface area contributed by atoms with Crippen LogP contribution in [0, 0.1) is 13.8 Å². The van der Waals surface area contributed by atoms with Crippen LogP contribution in [-0.4, -0.2) is 9.67 Å². The molecule has 3 nitrogen and oxygen atoms in total. The predicted molar refractivity (Wildman–Crippen MR) is 63.2 cm³/mol. The lowest BCUT2D eigenvalue weighted by Gasteiger charge is -2.11. The SMILES string of the molecule is Cc1cc(=O)n(-c2ccccc2)c(O)c1C. The van der Waals surface area contributed by atoms with Crippen molar-refractivity contribution < 1.29 is 5.11 Å². The molecule has 3 heteroatoms. The summed E-state index contributed by atoms with van der Waals surface area (Å²) in [7, 11) is 0. The van der Waals surface area contributed by atoms with Crippen LogP contribution in [0.15, 0.2) is 41.2 Å². The summed E-state index contributed by atoms with van der Waals surface area (Å²) in [6, 6.07) is 10.6. The van der Waals surface area contributed by atoms with E-state index in [9.17, 15) is 9.90 Å². The molecule has 1 N–H and O–H groups in total. The van der Waals surface area contributed by atoms with Gasteiger partial charge in [-0.1, -0.05) is 18.2 Å². The van der Waals surface area contributed by atoms with E-state index < -0.39 is 0 Å². The van der Waals surface area contributed by atoms with Crippen LogP contribution in [0.3, 0.4) is 0 Å². The van der Waals surface area contributed by atoms with Crippen LogP contribution in [0.4, 0.5) is 0 Å². The van der Waals surface area contributed by atoms with E-state index in [-0.39, 0.29) is 11.4 Å².